The molecule has 2 aromatic carbocycles. The van der Waals surface area contributed by atoms with Crippen LogP contribution in [0.25, 0.3) is 10.9 Å². The monoisotopic (exact) mass is 635 g/mol. The number of rotatable bonds is 14. The van der Waals surface area contributed by atoms with Gasteiger partial charge in [0.25, 0.3) is 17.4 Å². The van der Waals surface area contributed by atoms with Crippen molar-refractivity contribution in [3.8, 4) is 5.75 Å². The van der Waals surface area contributed by atoms with Crippen molar-refractivity contribution in [2.45, 2.75) is 59.2 Å². The molecule has 0 radical (unpaired) electrons. The zero-order chi connectivity index (χ0) is 34.1. The summed E-state index contributed by atoms with van der Waals surface area (Å²) in [4.78, 5) is 75.7. The predicted octanol–water partition coefficient (Wildman–Crippen LogP) is 2.05. The van der Waals surface area contributed by atoms with E-state index in [9.17, 15) is 33.9 Å². The largest absolute Gasteiger partial charge is 0.506 e. The second-order valence-electron chi connectivity index (χ2n) is 11.9. The van der Waals surface area contributed by atoms with Crippen molar-refractivity contribution in [2.24, 2.45) is 18.9 Å². The molecule has 2 atom stereocenters. The molecule has 1 heterocycles. The molecular formula is C33H41N5O8. The molecular weight excluding hydrogens is 594 g/mol. The summed E-state index contributed by atoms with van der Waals surface area (Å²) >= 11 is 0. The van der Waals surface area contributed by atoms with Gasteiger partial charge in [0.05, 0.1) is 5.52 Å². The lowest BCUT2D eigenvalue weighted by Crippen LogP contribution is -2.54. The van der Waals surface area contributed by atoms with Crippen LogP contribution in [0.5, 0.6) is 5.75 Å². The zero-order valence-electron chi connectivity index (χ0n) is 26.5. The van der Waals surface area contributed by atoms with E-state index in [-0.39, 0.29) is 23.8 Å². The summed E-state index contributed by atoms with van der Waals surface area (Å²) in [6, 6.07) is 11.5. The van der Waals surface area contributed by atoms with Crippen LogP contribution in [0.1, 0.15) is 66.8 Å². The lowest BCUT2D eigenvalue weighted by Gasteiger charge is -2.25. The normalized spacial score (nSPS) is 12.4. The van der Waals surface area contributed by atoms with E-state index in [1.54, 1.807) is 42.5 Å². The van der Waals surface area contributed by atoms with Crippen molar-refractivity contribution in [3.05, 3.63) is 75.6 Å². The van der Waals surface area contributed by atoms with Crippen molar-refractivity contribution in [1.29, 1.82) is 0 Å². The fourth-order valence-corrected chi connectivity index (χ4v) is 4.96. The van der Waals surface area contributed by atoms with Gasteiger partial charge in [0.1, 0.15) is 29.9 Å². The highest BCUT2D eigenvalue weighted by atomic mass is 16.4. The molecule has 0 saturated heterocycles. The van der Waals surface area contributed by atoms with Gasteiger partial charge in [-0.05, 0) is 54.5 Å². The number of pyridine rings is 1. The number of aliphatic carboxylic acids is 1. The number of carboxylic acids is 1. The van der Waals surface area contributed by atoms with Crippen LogP contribution in [0, 0.1) is 11.8 Å². The molecule has 13 heteroatoms. The van der Waals surface area contributed by atoms with E-state index < -0.39 is 65.1 Å². The molecule has 0 unspecified atom stereocenters. The number of amides is 4. The number of nitrogens with zero attached hydrogens (tertiary/aromatic N) is 1. The smallest absolute Gasteiger partial charge is 0.322 e. The molecule has 46 heavy (non-hydrogen) atoms. The first kappa shape index (κ1) is 35.3. The number of fused-ring (bicyclic) bond motifs is 1. The lowest BCUT2D eigenvalue weighted by atomic mass is 9.99. The van der Waals surface area contributed by atoms with Crippen LogP contribution in [0.2, 0.25) is 0 Å². The van der Waals surface area contributed by atoms with E-state index in [1.807, 2.05) is 27.7 Å². The molecule has 0 bridgehead atoms. The van der Waals surface area contributed by atoms with Crippen molar-refractivity contribution >= 4 is 40.5 Å². The van der Waals surface area contributed by atoms with Crippen LogP contribution in [0.15, 0.2) is 53.3 Å². The number of nitrogens with one attached hydrogen (secondary N) is 4. The van der Waals surface area contributed by atoms with Crippen molar-refractivity contribution in [2.75, 3.05) is 6.54 Å². The molecule has 13 nitrogen and oxygen atoms in total. The Morgan fingerprint density at radius 3 is 2.00 bits per heavy atom. The fourth-order valence-electron chi connectivity index (χ4n) is 4.96. The van der Waals surface area contributed by atoms with E-state index in [1.165, 1.54) is 13.1 Å². The van der Waals surface area contributed by atoms with E-state index in [4.69, 9.17) is 5.11 Å². The van der Waals surface area contributed by atoms with Gasteiger partial charge >= 0.3 is 5.97 Å². The number of aromatic hydroxyl groups is 1. The van der Waals surface area contributed by atoms with Crippen molar-refractivity contribution in [1.82, 2.24) is 25.8 Å². The average Bonchev–Trinajstić information content (AvgIpc) is 3.00. The van der Waals surface area contributed by atoms with E-state index in [2.05, 4.69) is 21.3 Å². The highest BCUT2D eigenvalue weighted by Gasteiger charge is 2.28. The molecule has 1 aromatic heterocycles. The van der Waals surface area contributed by atoms with Gasteiger partial charge in [-0.25, -0.2) is 0 Å². The Balaban J connectivity index is 1.79. The summed E-state index contributed by atoms with van der Waals surface area (Å²) in [6.07, 6.45) is 0.688. The highest BCUT2D eigenvalue weighted by molar-refractivity contribution is 6.03. The minimum atomic E-state index is -1.32. The Bertz CT molecular complexity index is 1670. The van der Waals surface area contributed by atoms with Gasteiger partial charge in [-0.2, -0.15) is 0 Å². The Kier molecular flexibility index (Phi) is 12.0. The number of hydrogen-bond acceptors (Lipinski definition) is 7. The van der Waals surface area contributed by atoms with Gasteiger partial charge < -0.3 is 36.0 Å². The molecule has 4 amide bonds. The molecule has 3 rings (SSSR count). The molecule has 6 N–H and O–H groups in total. The maximum Gasteiger partial charge on any atom is 0.322 e. The molecule has 0 spiro atoms. The Labute approximate surface area is 266 Å². The number of carbonyl (C=O) groups is 5. The number of carbonyl (C=O) groups excluding carboxylic acids is 4. The summed E-state index contributed by atoms with van der Waals surface area (Å²) < 4.78 is 1.16. The molecule has 0 fully saturated rings. The van der Waals surface area contributed by atoms with Gasteiger partial charge in [0.2, 0.25) is 11.8 Å². The van der Waals surface area contributed by atoms with Crippen LogP contribution >= 0.6 is 0 Å². The third-order valence-corrected chi connectivity index (χ3v) is 7.23. The summed E-state index contributed by atoms with van der Waals surface area (Å²) in [5.41, 5.74) is -0.167. The first-order valence-corrected chi connectivity index (χ1v) is 15.0. The molecule has 246 valence electrons. The first-order chi connectivity index (χ1) is 21.7. The fraction of sp³-hybridized carbons (Fsp3) is 0.394. The maximum atomic E-state index is 13.4. The Morgan fingerprint density at radius 2 is 1.41 bits per heavy atom. The second kappa shape index (κ2) is 15.7. The van der Waals surface area contributed by atoms with Gasteiger partial charge in [0.15, 0.2) is 0 Å². The van der Waals surface area contributed by atoms with Crippen LogP contribution in [-0.4, -0.2) is 63.0 Å². The molecule has 3 aromatic rings. The highest BCUT2D eigenvalue weighted by Crippen LogP contribution is 2.27. The average molecular weight is 636 g/mol. The van der Waals surface area contributed by atoms with E-state index in [0.717, 1.165) is 4.57 Å². The summed E-state index contributed by atoms with van der Waals surface area (Å²) in [7, 11) is 1.41. The standard InChI is InChI=1S/C33H41N5O8/c1-18(2)13-23(37-31(44)24(14-19(3)4)36-29(42)21-9-7-6-8-10-21)30(43)34-16-20-11-12-25-22(15-20)28(41)27(33(46)38(25)5)32(45)35-17-26(39)40/h6-12,15,18-19,23-24,41H,13-14,16-17H2,1-5H3,(H,34,43)(H,35,45)(H,36,42)(H,37,44)(H,39,40)/t23-,24-/m0/s1. The number of aryl methyl sites for hydroxylation is 1. The van der Waals surface area contributed by atoms with Crippen LogP contribution < -0.4 is 26.8 Å². The SMILES string of the molecule is CC(C)C[C@H](NC(=O)c1ccccc1)C(=O)N[C@@H](CC(C)C)C(=O)NCc1ccc2c(c1)c(O)c(C(=O)NCC(=O)O)c(=O)n2C. The second-order valence-corrected chi connectivity index (χ2v) is 11.9. The predicted molar refractivity (Wildman–Crippen MR) is 171 cm³/mol. The van der Waals surface area contributed by atoms with Crippen molar-refractivity contribution < 1.29 is 34.2 Å². The van der Waals surface area contributed by atoms with E-state index >= 15 is 0 Å². The topological polar surface area (TPSA) is 196 Å². The summed E-state index contributed by atoms with van der Waals surface area (Å²) in [6.45, 7) is 6.93. The third-order valence-electron chi connectivity index (χ3n) is 7.23. The first-order valence-electron chi connectivity index (χ1n) is 15.0. The quantitative estimate of drug-likeness (QED) is 0.155. The summed E-state index contributed by atoms with van der Waals surface area (Å²) in [5.74, 6) is -4.19. The molecule has 0 saturated carbocycles. The zero-order valence-corrected chi connectivity index (χ0v) is 26.5. The third kappa shape index (κ3) is 9.16. The van der Waals surface area contributed by atoms with Crippen LogP contribution in [0.3, 0.4) is 0 Å². The van der Waals surface area contributed by atoms with Gasteiger partial charge in [0, 0.05) is 24.5 Å². The van der Waals surface area contributed by atoms with Crippen LogP contribution in [-0.2, 0) is 28.0 Å². The van der Waals surface area contributed by atoms with Gasteiger partial charge in [-0.3, -0.25) is 28.8 Å². The number of aromatic nitrogens is 1. The van der Waals surface area contributed by atoms with Crippen LogP contribution in [0.4, 0.5) is 0 Å². The minimum Gasteiger partial charge on any atom is -0.506 e. The number of benzene rings is 2. The maximum absolute atomic E-state index is 13.4. The van der Waals surface area contributed by atoms with E-state index in [0.29, 0.717) is 29.5 Å². The lowest BCUT2D eigenvalue weighted by molar-refractivity contribution is -0.135. The molecule has 0 aliphatic heterocycles. The van der Waals surface area contributed by atoms with Gasteiger partial charge in [-0.1, -0.05) is 52.0 Å². The number of carboxylic acid groups (broad SMARTS) is 1. The van der Waals surface area contributed by atoms with Gasteiger partial charge in [-0.15, -0.1) is 0 Å². The minimum absolute atomic E-state index is 0.0117. The summed E-state index contributed by atoms with van der Waals surface area (Å²) in [5, 5.41) is 30.3. The molecule has 0 aliphatic rings. The number of hydrogen-bond donors (Lipinski definition) is 6. The Hall–Kier alpha value is -5.20. The molecule has 0 aliphatic carbocycles. The Morgan fingerprint density at radius 1 is 0.804 bits per heavy atom. The van der Waals surface area contributed by atoms with Crippen molar-refractivity contribution in [3.63, 3.8) is 0 Å².